The standard InChI is InChI=1S/C9H19F2NO3S/c1-8(2,3)16(14,15)5-4-12-6-9(10,11)7-13/h12-13H,4-7H2,1-3H3. The Kier molecular flexibility index (Phi) is 5.28. The average Bonchev–Trinajstić information content (AvgIpc) is 2.11. The molecular weight excluding hydrogens is 240 g/mol. The van der Waals surface area contributed by atoms with Crippen molar-refractivity contribution in [1.82, 2.24) is 5.32 Å². The van der Waals surface area contributed by atoms with Crippen LogP contribution < -0.4 is 5.32 Å². The summed E-state index contributed by atoms with van der Waals surface area (Å²) in [6.45, 7) is 2.67. The van der Waals surface area contributed by atoms with Gasteiger partial charge in [0, 0.05) is 6.54 Å². The van der Waals surface area contributed by atoms with E-state index in [2.05, 4.69) is 5.32 Å². The number of nitrogens with one attached hydrogen (secondary N) is 1. The van der Waals surface area contributed by atoms with Crippen LogP contribution in [0.15, 0.2) is 0 Å². The average molecular weight is 259 g/mol. The van der Waals surface area contributed by atoms with Gasteiger partial charge in [0.2, 0.25) is 0 Å². The fourth-order valence-corrected chi connectivity index (χ4v) is 1.87. The molecule has 0 aliphatic rings. The van der Waals surface area contributed by atoms with Gasteiger partial charge in [0.25, 0.3) is 5.92 Å². The normalized spacial score (nSPS) is 14.1. The maximum absolute atomic E-state index is 12.5. The molecule has 0 heterocycles. The predicted molar refractivity (Wildman–Crippen MR) is 58.4 cm³/mol. The van der Waals surface area contributed by atoms with E-state index >= 15 is 0 Å². The zero-order valence-corrected chi connectivity index (χ0v) is 10.6. The first-order chi connectivity index (χ1) is 7.02. The van der Waals surface area contributed by atoms with Gasteiger partial charge >= 0.3 is 0 Å². The molecule has 0 aromatic carbocycles. The van der Waals surface area contributed by atoms with Crippen molar-refractivity contribution in [3.05, 3.63) is 0 Å². The Morgan fingerprint density at radius 3 is 2.12 bits per heavy atom. The summed E-state index contributed by atoms with van der Waals surface area (Å²) in [5.74, 6) is -3.40. The molecule has 0 unspecified atom stereocenters. The fourth-order valence-electron chi connectivity index (χ4n) is 0.840. The first-order valence-electron chi connectivity index (χ1n) is 4.93. The largest absolute Gasteiger partial charge is 0.390 e. The van der Waals surface area contributed by atoms with Crippen molar-refractivity contribution in [1.29, 1.82) is 0 Å². The number of hydrogen-bond donors (Lipinski definition) is 2. The molecule has 0 radical (unpaired) electrons. The zero-order valence-electron chi connectivity index (χ0n) is 9.76. The molecule has 0 rings (SSSR count). The Morgan fingerprint density at radius 1 is 1.25 bits per heavy atom. The predicted octanol–water partition coefficient (Wildman–Crippen LogP) is 0.417. The van der Waals surface area contributed by atoms with E-state index in [1.807, 2.05) is 0 Å². The van der Waals surface area contributed by atoms with Crippen molar-refractivity contribution in [3.63, 3.8) is 0 Å². The van der Waals surface area contributed by atoms with E-state index in [1.165, 1.54) is 0 Å². The third-order valence-electron chi connectivity index (χ3n) is 2.10. The van der Waals surface area contributed by atoms with Crippen molar-refractivity contribution in [3.8, 4) is 0 Å². The van der Waals surface area contributed by atoms with Crippen LogP contribution >= 0.6 is 0 Å². The van der Waals surface area contributed by atoms with Crippen molar-refractivity contribution in [2.45, 2.75) is 31.4 Å². The highest BCUT2D eigenvalue weighted by Crippen LogP contribution is 2.15. The number of aliphatic hydroxyl groups excluding tert-OH is 1. The van der Waals surface area contributed by atoms with Gasteiger partial charge in [0.15, 0.2) is 9.84 Å². The smallest absolute Gasteiger partial charge is 0.282 e. The molecule has 0 amide bonds. The van der Waals surface area contributed by atoms with Crippen molar-refractivity contribution < 1.29 is 22.3 Å². The van der Waals surface area contributed by atoms with Gasteiger partial charge in [-0.05, 0) is 20.8 Å². The topological polar surface area (TPSA) is 66.4 Å². The number of rotatable bonds is 6. The fraction of sp³-hybridized carbons (Fsp3) is 1.00. The summed E-state index contributed by atoms with van der Waals surface area (Å²) in [6, 6.07) is 0. The molecule has 0 atom stereocenters. The first kappa shape index (κ1) is 15.7. The van der Waals surface area contributed by atoms with Crippen LogP contribution in [-0.4, -0.2) is 49.6 Å². The van der Waals surface area contributed by atoms with Gasteiger partial charge in [-0.15, -0.1) is 0 Å². The summed E-state index contributed by atoms with van der Waals surface area (Å²) in [4.78, 5) is 0. The van der Waals surface area contributed by atoms with Gasteiger partial charge in [-0.3, -0.25) is 0 Å². The highest BCUT2D eigenvalue weighted by Gasteiger charge is 2.30. The number of halogens is 2. The molecule has 0 spiro atoms. The SMILES string of the molecule is CC(C)(C)S(=O)(=O)CCNCC(F)(F)CO. The molecule has 0 aliphatic heterocycles. The molecule has 0 fully saturated rings. The molecule has 0 saturated carbocycles. The summed E-state index contributed by atoms with van der Waals surface area (Å²) in [6.07, 6.45) is 0. The van der Waals surface area contributed by atoms with Crippen LogP contribution in [0.3, 0.4) is 0 Å². The minimum absolute atomic E-state index is 0.0464. The maximum atomic E-state index is 12.5. The van der Waals surface area contributed by atoms with E-state index in [1.54, 1.807) is 20.8 Å². The highest BCUT2D eigenvalue weighted by molar-refractivity contribution is 7.92. The van der Waals surface area contributed by atoms with Gasteiger partial charge in [-0.2, -0.15) is 0 Å². The minimum atomic E-state index is -3.29. The first-order valence-corrected chi connectivity index (χ1v) is 6.59. The second-order valence-electron chi connectivity index (χ2n) is 4.62. The Morgan fingerprint density at radius 2 is 1.75 bits per heavy atom. The van der Waals surface area contributed by atoms with Gasteiger partial charge in [0.05, 0.1) is 17.0 Å². The van der Waals surface area contributed by atoms with Gasteiger partial charge < -0.3 is 10.4 Å². The van der Waals surface area contributed by atoms with Crippen LogP contribution in [0.25, 0.3) is 0 Å². The maximum Gasteiger partial charge on any atom is 0.282 e. The Bertz CT molecular complexity index is 309. The number of aliphatic hydroxyl groups is 1. The second kappa shape index (κ2) is 5.37. The lowest BCUT2D eigenvalue weighted by molar-refractivity contribution is -0.0471. The minimum Gasteiger partial charge on any atom is -0.390 e. The van der Waals surface area contributed by atoms with E-state index in [0.29, 0.717) is 0 Å². The summed E-state index contributed by atoms with van der Waals surface area (Å²) in [5, 5.41) is 10.6. The van der Waals surface area contributed by atoms with Crippen LogP contribution in [0.2, 0.25) is 0 Å². The summed E-state index contributed by atoms with van der Waals surface area (Å²) in [7, 11) is -3.29. The number of hydrogen-bond acceptors (Lipinski definition) is 4. The molecule has 0 aliphatic carbocycles. The third kappa shape index (κ3) is 5.18. The van der Waals surface area contributed by atoms with Gasteiger partial charge in [-0.1, -0.05) is 0 Å². The van der Waals surface area contributed by atoms with Crippen LogP contribution in [-0.2, 0) is 9.84 Å². The third-order valence-corrected chi connectivity index (χ3v) is 4.70. The molecule has 98 valence electrons. The second-order valence-corrected chi connectivity index (χ2v) is 7.48. The Balaban J connectivity index is 4.03. The quantitative estimate of drug-likeness (QED) is 0.678. The molecule has 16 heavy (non-hydrogen) atoms. The van der Waals surface area contributed by atoms with E-state index in [9.17, 15) is 17.2 Å². The lowest BCUT2D eigenvalue weighted by Gasteiger charge is -2.20. The van der Waals surface area contributed by atoms with E-state index in [4.69, 9.17) is 5.11 Å². The Hall–Kier alpha value is -0.270. The molecule has 0 aromatic heterocycles. The summed E-state index contributed by atoms with van der Waals surface area (Å²) < 4.78 is 47.3. The van der Waals surface area contributed by atoms with Crippen molar-refractivity contribution >= 4 is 9.84 Å². The summed E-state index contributed by atoms with van der Waals surface area (Å²) in [5.41, 5.74) is 0. The molecule has 4 nitrogen and oxygen atoms in total. The van der Waals surface area contributed by atoms with Crippen LogP contribution in [0.1, 0.15) is 20.8 Å². The van der Waals surface area contributed by atoms with Crippen molar-refractivity contribution in [2.75, 3.05) is 25.4 Å². The molecule has 0 bridgehead atoms. The monoisotopic (exact) mass is 259 g/mol. The number of alkyl halides is 2. The summed E-state index contributed by atoms with van der Waals surface area (Å²) >= 11 is 0. The van der Waals surface area contributed by atoms with E-state index < -0.39 is 33.7 Å². The van der Waals surface area contributed by atoms with Crippen molar-refractivity contribution in [2.24, 2.45) is 0 Å². The highest BCUT2D eigenvalue weighted by atomic mass is 32.2. The van der Waals surface area contributed by atoms with Gasteiger partial charge in [-0.25, -0.2) is 17.2 Å². The molecule has 2 N–H and O–H groups in total. The lowest BCUT2D eigenvalue weighted by Crippen LogP contribution is -2.40. The van der Waals surface area contributed by atoms with Gasteiger partial charge in [0.1, 0.15) is 6.61 Å². The van der Waals surface area contributed by atoms with E-state index in [0.717, 1.165) is 0 Å². The van der Waals surface area contributed by atoms with Crippen LogP contribution in [0, 0.1) is 0 Å². The zero-order chi connectivity index (χ0) is 13.0. The molecule has 0 aromatic rings. The van der Waals surface area contributed by atoms with Crippen LogP contribution in [0.4, 0.5) is 8.78 Å². The number of sulfone groups is 1. The molecule has 7 heteroatoms. The molecular formula is C9H19F2NO3S. The van der Waals surface area contributed by atoms with Crippen LogP contribution in [0.5, 0.6) is 0 Å². The lowest BCUT2D eigenvalue weighted by atomic mass is 10.3. The van der Waals surface area contributed by atoms with E-state index in [-0.39, 0.29) is 12.3 Å². The Labute approximate surface area is 95.0 Å². The molecule has 0 saturated heterocycles.